The van der Waals surface area contributed by atoms with E-state index >= 15 is 0 Å². The molecule has 6 heteroatoms. The molecule has 1 aromatic carbocycles. The summed E-state index contributed by atoms with van der Waals surface area (Å²) >= 11 is 6.00. The van der Waals surface area contributed by atoms with Gasteiger partial charge >= 0.3 is 0 Å². The zero-order valence-electron chi connectivity index (χ0n) is 11.6. The quantitative estimate of drug-likeness (QED) is 0.856. The summed E-state index contributed by atoms with van der Waals surface area (Å²) in [6.45, 7) is 3.48. The van der Waals surface area contributed by atoms with Gasteiger partial charge in [0.05, 0.1) is 16.5 Å². The molecule has 0 saturated carbocycles. The van der Waals surface area contributed by atoms with Crippen LogP contribution in [0.25, 0.3) is 0 Å². The molecule has 4 nitrogen and oxygen atoms in total. The summed E-state index contributed by atoms with van der Waals surface area (Å²) in [6, 6.07) is 4.65. The van der Waals surface area contributed by atoms with Crippen LogP contribution in [0.3, 0.4) is 0 Å². The largest absolute Gasteiger partial charge is 0.492 e. The number of hydrogen-bond donors (Lipinski definition) is 0. The lowest BCUT2D eigenvalue weighted by molar-refractivity contribution is 0.339. The van der Waals surface area contributed by atoms with E-state index in [0.29, 0.717) is 30.5 Å². The number of rotatable bonds is 4. The standard InChI is InChI=1S/C14H20ClNO3S/c1-2-19-14-11-12(7-8-13(14)15)20(17,18)16-9-5-3-4-6-10-16/h7-8,11H,2-6,9-10H2,1H3. The zero-order chi connectivity index (χ0) is 14.6. The molecule has 1 saturated heterocycles. The van der Waals surface area contributed by atoms with Crippen LogP contribution < -0.4 is 4.74 Å². The van der Waals surface area contributed by atoms with Gasteiger partial charge in [0.15, 0.2) is 0 Å². The third kappa shape index (κ3) is 3.45. The van der Waals surface area contributed by atoms with Crippen molar-refractivity contribution in [3.05, 3.63) is 23.2 Å². The predicted molar refractivity (Wildman–Crippen MR) is 79.8 cm³/mol. The van der Waals surface area contributed by atoms with Crippen molar-refractivity contribution in [1.82, 2.24) is 4.31 Å². The van der Waals surface area contributed by atoms with Crippen molar-refractivity contribution in [2.45, 2.75) is 37.5 Å². The van der Waals surface area contributed by atoms with Crippen LogP contribution in [0.1, 0.15) is 32.6 Å². The van der Waals surface area contributed by atoms with Gasteiger partial charge in [-0.3, -0.25) is 0 Å². The molecule has 0 bridgehead atoms. The minimum atomic E-state index is -3.45. The first-order chi connectivity index (χ1) is 9.55. The summed E-state index contributed by atoms with van der Waals surface area (Å²) in [5.41, 5.74) is 0. The molecule has 0 aromatic heterocycles. The molecule has 1 aliphatic rings. The van der Waals surface area contributed by atoms with E-state index in [1.807, 2.05) is 6.92 Å². The Morgan fingerprint density at radius 2 is 1.85 bits per heavy atom. The van der Waals surface area contributed by atoms with E-state index < -0.39 is 10.0 Å². The van der Waals surface area contributed by atoms with E-state index in [4.69, 9.17) is 16.3 Å². The van der Waals surface area contributed by atoms with Gasteiger partial charge in [0.1, 0.15) is 5.75 Å². The summed E-state index contributed by atoms with van der Waals surface area (Å²) < 4.78 is 32.2. The molecule has 0 spiro atoms. The fraction of sp³-hybridized carbons (Fsp3) is 0.571. The first-order valence-corrected chi connectivity index (χ1v) is 8.80. The third-order valence-corrected chi connectivity index (χ3v) is 5.61. The van der Waals surface area contributed by atoms with Gasteiger partial charge in [-0.05, 0) is 31.9 Å². The Bertz CT molecular complexity index is 552. The van der Waals surface area contributed by atoms with Gasteiger partial charge in [0, 0.05) is 19.2 Å². The van der Waals surface area contributed by atoms with Crippen molar-refractivity contribution in [1.29, 1.82) is 0 Å². The maximum atomic E-state index is 12.6. The minimum absolute atomic E-state index is 0.257. The molecule has 2 rings (SSSR count). The van der Waals surface area contributed by atoms with Crippen LogP contribution in [0.4, 0.5) is 0 Å². The highest BCUT2D eigenvalue weighted by Gasteiger charge is 2.25. The SMILES string of the molecule is CCOc1cc(S(=O)(=O)N2CCCCCC2)ccc1Cl. The summed E-state index contributed by atoms with van der Waals surface area (Å²) in [4.78, 5) is 0.257. The van der Waals surface area contributed by atoms with Crippen molar-refractivity contribution in [2.75, 3.05) is 19.7 Å². The molecule has 1 heterocycles. The lowest BCUT2D eigenvalue weighted by atomic mass is 10.2. The van der Waals surface area contributed by atoms with Gasteiger partial charge in [-0.1, -0.05) is 24.4 Å². The number of benzene rings is 1. The molecule has 0 N–H and O–H groups in total. The first kappa shape index (κ1) is 15.6. The topological polar surface area (TPSA) is 46.6 Å². The molecule has 20 heavy (non-hydrogen) atoms. The van der Waals surface area contributed by atoms with Crippen LogP contribution in [0, 0.1) is 0 Å². The summed E-state index contributed by atoms with van der Waals surface area (Å²) in [6.07, 6.45) is 4.03. The fourth-order valence-corrected chi connectivity index (χ4v) is 4.05. The van der Waals surface area contributed by atoms with Gasteiger partial charge in [-0.25, -0.2) is 8.42 Å². The molecule has 1 aliphatic heterocycles. The van der Waals surface area contributed by atoms with Crippen LogP contribution in [-0.2, 0) is 10.0 Å². The average molecular weight is 318 g/mol. The van der Waals surface area contributed by atoms with Gasteiger partial charge in [-0.15, -0.1) is 0 Å². The monoisotopic (exact) mass is 317 g/mol. The maximum Gasteiger partial charge on any atom is 0.243 e. The summed E-state index contributed by atoms with van der Waals surface area (Å²) in [7, 11) is -3.45. The molecule has 0 unspecified atom stereocenters. The van der Waals surface area contributed by atoms with Gasteiger partial charge in [0.25, 0.3) is 0 Å². The third-order valence-electron chi connectivity index (χ3n) is 3.41. The van der Waals surface area contributed by atoms with Crippen molar-refractivity contribution >= 4 is 21.6 Å². The number of ether oxygens (including phenoxy) is 1. The lowest BCUT2D eigenvalue weighted by Crippen LogP contribution is -2.31. The first-order valence-electron chi connectivity index (χ1n) is 6.98. The molecule has 1 aromatic rings. The molecule has 112 valence electrons. The van der Waals surface area contributed by atoms with Gasteiger partial charge < -0.3 is 4.74 Å². The van der Waals surface area contributed by atoms with Crippen molar-refractivity contribution in [3.8, 4) is 5.75 Å². The van der Waals surface area contributed by atoms with Crippen LogP contribution >= 0.6 is 11.6 Å². The molecule has 0 aliphatic carbocycles. The summed E-state index contributed by atoms with van der Waals surface area (Å²) in [5.74, 6) is 0.421. The average Bonchev–Trinajstić information content (AvgIpc) is 2.70. The van der Waals surface area contributed by atoms with Crippen LogP contribution in [0.5, 0.6) is 5.75 Å². The summed E-state index contributed by atoms with van der Waals surface area (Å²) in [5, 5.41) is 0.432. The Morgan fingerprint density at radius 1 is 1.20 bits per heavy atom. The second kappa shape index (κ2) is 6.78. The number of hydrogen-bond acceptors (Lipinski definition) is 3. The molecule has 1 fully saturated rings. The van der Waals surface area contributed by atoms with Crippen molar-refractivity contribution < 1.29 is 13.2 Å². The zero-order valence-corrected chi connectivity index (χ0v) is 13.2. The smallest absolute Gasteiger partial charge is 0.243 e. The number of sulfonamides is 1. The van der Waals surface area contributed by atoms with Crippen LogP contribution in [0.2, 0.25) is 5.02 Å². The fourth-order valence-electron chi connectivity index (χ4n) is 2.34. The van der Waals surface area contributed by atoms with E-state index in [1.165, 1.54) is 6.07 Å². The van der Waals surface area contributed by atoms with E-state index in [0.717, 1.165) is 25.7 Å². The normalized spacial score (nSPS) is 17.7. The van der Waals surface area contributed by atoms with Crippen LogP contribution in [0.15, 0.2) is 23.1 Å². The van der Waals surface area contributed by atoms with E-state index in [1.54, 1.807) is 16.4 Å². The molecular weight excluding hydrogens is 298 g/mol. The number of halogens is 1. The predicted octanol–water partition coefficient (Wildman–Crippen LogP) is 3.30. The van der Waals surface area contributed by atoms with E-state index in [-0.39, 0.29) is 4.90 Å². The lowest BCUT2D eigenvalue weighted by Gasteiger charge is -2.20. The Balaban J connectivity index is 2.30. The van der Waals surface area contributed by atoms with Crippen molar-refractivity contribution in [3.63, 3.8) is 0 Å². The molecule has 0 radical (unpaired) electrons. The van der Waals surface area contributed by atoms with Crippen LogP contribution in [-0.4, -0.2) is 32.4 Å². The Labute approximate surface area is 125 Å². The van der Waals surface area contributed by atoms with Gasteiger partial charge in [-0.2, -0.15) is 4.31 Å². The maximum absolute atomic E-state index is 12.6. The molecule has 0 atom stereocenters. The van der Waals surface area contributed by atoms with E-state index in [2.05, 4.69) is 0 Å². The number of nitrogens with zero attached hydrogens (tertiary/aromatic N) is 1. The Kier molecular flexibility index (Phi) is 5.29. The van der Waals surface area contributed by atoms with E-state index in [9.17, 15) is 8.42 Å². The Hall–Kier alpha value is -0.780. The highest BCUT2D eigenvalue weighted by Crippen LogP contribution is 2.29. The molecular formula is C14H20ClNO3S. The Morgan fingerprint density at radius 3 is 2.45 bits per heavy atom. The second-order valence-electron chi connectivity index (χ2n) is 4.84. The second-order valence-corrected chi connectivity index (χ2v) is 7.19. The van der Waals surface area contributed by atoms with Crippen molar-refractivity contribution in [2.24, 2.45) is 0 Å². The highest BCUT2D eigenvalue weighted by molar-refractivity contribution is 7.89. The van der Waals surface area contributed by atoms with Gasteiger partial charge in [0.2, 0.25) is 10.0 Å². The molecule has 0 amide bonds. The minimum Gasteiger partial charge on any atom is -0.492 e. The highest BCUT2D eigenvalue weighted by atomic mass is 35.5.